The average Bonchev–Trinajstić information content (AvgIpc) is 2.71. The van der Waals surface area contributed by atoms with Crippen molar-refractivity contribution in [3.8, 4) is 0 Å². The van der Waals surface area contributed by atoms with E-state index in [-0.39, 0.29) is 17.9 Å². The van der Waals surface area contributed by atoms with E-state index in [1.807, 2.05) is 13.8 Å². The molecule has 1 saturated heterocycles. The lowest BCUT2D eigenvalue weighted by Gasteiger charge is -2.24. The number of nitrogens with one attached hydrogen (secondary N) is 1. The minimum Gasteiger partial charge on any atom is -0.353 e. The first-order valence-electron chi connectivity index (χ1n) is 6.33. The number of likely N-dealkylation sites (N-methyl/N-ethyl adjacent to an activating group) is 1. The van der Waals surface area contributed by atoms with Crippen LogP contribution in [-0.2, 0) is 4.79 Å². The van der Waals surface area contributed by atoms with Crippen LogP contribution in [0.25, 0.3) is 0 Å². The van der Waals surface area contributed by atoms with Crippen molar-refractivity contribution in [1.82, 2.24) is 10.2 Å². The molecule has 0 aromatic carbocycles. The van der Waals surface area contributed by atoms with Crippen LogP contribution in [0, 0.1) is 5.92 Å². The van der Waals surface area contributed by atoms with E-state index in [0.29, 0.717) is 6.04 Å². The molecule has 1 rings (SSSR count). The minimum atomic E-state index is -0.378. The van der Waals surface area contributed by atoms with Crippen LogP contribution in [0.2, 0.25) is 0 Å². The lowest BCUT2D eigenvalue weighted by Crippen LogP contribution is -2.48. The number of hydrogen-bond donors (Lipinski definition) is 2. The molecule has 1 amide bonds. The van der Waals surface area contributed by atoms with Crippen LogP contribution >= 0.6 is 0 Å². The Balaban J connectivity index is 2.31. The van der Waals surface area contributed by atoms with E-state index < -0.39 is 0 Å². The molecular formula is C12H25N3O. The van der Waals surface area contributed by atoms with Gasteiger partial charge in [-0.05, 0) is 31.8 Å². The van der Waals surface area contributed by atoms with Gasteiger partial charge in [0.1, 0.15) is 0 Å². The van der Waals surface area contributed by atoms with Gasteiger partial charge in [0.05, 0.1) is 6.04 Å². The zero-order chi connectivity index (χ0) is 12.1. The largest absolute Gasteiger partial charge is 0.353 e. The highest BCUT2D eigenvalue weighted by Gasteiger charge is 2.24. The van der Waals surface area contributed by atoms with E-state index in [1.165, 1.54) is 12.8 Å². The van der Waals surface area contributed by atoms with Gasteiger partial charge in [-0.2, -0.15) is 0 Å². The highest BCUT2D eigenvalue weighted by molar-refractivity contribution is 5.81. The zero-order valence-electron chi connectivity index (χ0n) is 10.7. The normalized spacial score (nSPS) is 23.7. The van der Waals surface area contributed by atoms with Crippen LogP contribution in [0.15, 0.2) is 0 Å². The molecule has 4 heteroatoms. The fourth-order valence-electron chi connectivity index (χ4n) is 2.18. The molecule has 0 spiro atoms. The van der Waals surface area contributed by atoms with Crippen molar-refractivity contribution in [2.24, 2.45) is 11.7 Å². The highest BCUT2D eigenvalue weighted by Crippen LogP contribution is 2.15. The number of nitrogens with two attached hydrogens (primary N) is 1. The first-order valence-corrected chi connectivity index (χ1v) is 6.33. The minimum absolute atomic E-state index is 0.0158. The Bertz CT molecular complexity index is 230. The van der Waals surface area contributed by atoms with Crippen LogP contribution in [0.5, 0.6) is 0 Å². The molecule has 1 aliphatic rings. The molecule has 94 valence electrons. The summed E-state index contributed by atoms with van der Waals surface area (Å²) < 4.78 is 0. The quantitative estimate of drug-likeness (QED) is 0.722. The Kier molecular flexibility index (Phi) is 5.22. The van der Waals surface area contributed by atoms with Gasteiger partial charge in [0.25, 0.3) is 0 Å². The molecule has 0 aliphatic carbocycles. The van der Waals surface area contributed by atoms with Crippen molar-refractivity contribution in [2.45, 2.75) is 45.7 Å². The van der Waals surface area contributed by atoms with E-state index in [4.69, 9.17) is 5.73 Å². The van der Waals surface area contributed by atoms with Crippen molar-refractivity contribution in [3.05, 3.63) is 0 Å². The van der Waals surface area contributed by atoms with E-state index in [0.717, 1.165) is 19.6 Å². The van der Waals surface area contributed by atoms with Gasteiger partial charge in [-0.15, -0.1) is 0 Å². The van der Waals surface area contributed by atoms with Crippen molar-refractivity contribution < 1.29 is 4.79 Å². The Morgan fingerprint density at radius 1 is 1.56 bits per heavy atom. The standard InChI is InChI=1S/C12H25N3O/c1-4-15-7-5-6-10(15)8-14-12(16)11(13)9(2)3/h9-11H,4-8,13H2,1-3H3,(H,14,16)/t10?,11-/m0/s1. The third-order valence-corrected chi connectivity index (χ3v) is 3.44. The predicted octanol–water partition coefficient (Wildman–Crippen LogP) is 0.570. The number of rotatable bonds is 5. The van der Waals surface area contributed by atoms with Gasteiger partial charge in [0.2, 0.25) is 5.91 Å². The Hall–Kier alpha value is -0.610. The summed E-state index contributed by atoms with van der Waals surface area (Å²) >= 11 is 0. The molecule has 0 aromatic rings. The lowest BCUT2D eigenvalue weighted by atomic mass is 10.0. The number of likely N-dealkylation sites (tertiary alicyclic amines) is 1. The van der Waals surface area contributed by atoms with Crippen molar-refractivity contribution >= 4 is 5.91 Å². The molecule has 1 fully saturated rings. The highest BCUT2D eigenvalue weighted by atomic mass is 16.2. The summed E-state index contributed by atoms with van der Waals surface area (Å²) in [6, 6.07) is 0.129. The Morgan fingerprint density at radius 3 is 2.81 bits per heavy atom. The molecule has 0 radical (unpaired) electrons. The third-order valence-electron chi connectivity index (χ3n) is 3.44. The summed E-state index contributed by atoms with van der Waals surface area (Å²) in [4.78, 5) is 14.1. The summed E-state index contributed by atoms with van der Waals surface area (Å²) in [5.74, 6) is 0.184. The molecule has 0 aromatic heterocycles. The summed E-state index contributed by atoms with van der Waals surface area (Å²) in [5, 5.41) is 2.96. The number of hydrogen-bond acceptors (Lipinski definition) is 3. The van der Waals surface area contributed by atoms with E-state index in [9.17, 15) is 4.79 Å². The predicted molar refractivity (Wildman–Crippen MR) is 66.1 cm³/mol. The molecule has 0 bridgehead atoms. The fraction of sp³-hybridized carbons (Fsp3) is 0.917. The Labute approximate surface area is 98.6 Å². The molecule has 1 aliphatic heterocycles. The van der Waals surface area contributed by atoms with Crippen LogP contribution in [0.3, 0.4) is 0 Å². The smallest absolute Gasteiger partial charge is 0.237 e. The number of nitrogens with zero attached hydrogens (tertiary/aromatic N) is 1. The molecule has 0 saturated carbocycles. The van der Waals surface area contributed by atoms with Crippen molar-refractivity contribution in [2.75, 3.05) is 19.6 Å². The molecular weight excluding hydrogens is 202 g/mol. The Morgan fingerprint density at radius 2 is 2.25 bits per heavy atom. The van der Waals surface area contributed by atoms with Crippen LogP contribution in [-0.4, -0.2) is 42.5 Å². The molecule has 16 heavy (non-hydrogen) atoms. The van der Waals surface area contributed by atoms with E-state index in [2.05, 4.69) is 17.1 Å². The average molecular weight is 227 g/mol. The van der Waals surface area contributed by atoms with E-state index in [1.54, 1.807) is 0 Å². The van der Waals surface area contributed by atoms with Crippen LogP contribution in [0.1, 0.15) is 33.6 Å². The second-order valence-electron chi connectivity index (χ2n) is 4.94. The van der Waals surface area contributed by atoms with Gasteiger partial charge in [-0.25, -0.2) is 0 Å². The summed E-state index contributed by atoms with van der Waals surface area (Å²) in [5.41, 5.74) is 5.79. The van der Waals surface area contributed by atoms with Crippen LogP contribution < -0.4 is 11.1 Å². The first-order chi connectivity index (χ1) is 7.56. The zero-order valence-corrected chi connectivity index (χ0v) is 10.7. The molecule has 3 N–H and O–H groups in total. The van der Waals surface area contributed by atoms with Gasteiger partial charge in [0.15, 0.2) is 0 Å². The summed E-state index contributed by atoms with van der Waals surface area (Å²) in [6.07, 6.45) is 2.43. The molecule has 2 atom stereocenters. The second-order valence-corrected chi connectivity index (χ2v) is 4.94. The number of carbonyl (C=O) groups is 1. The molecule has 4 nitrogen and oxygen atoms in total. The van der Waals surface area contributed by atoms with Gasteiger partial charge in [0, 0.05) is 12.6 Å². The maximum atomic E-state index is 11.7. The molecule has 1 unspecified atom stereocenters. The number of carbonyl (C=O) groups excluding carboxylic acids is 1. The maximum absolute atomic E-state index is 11.7. The SMILES string of the molecule is CCN1CCCC1CNC(=O)[C@@H](N)C(C)C. The second kappa shape index (κ2) is 6.21. The van der Waals surface area contributed by atoms with Crippen molar-refractivity contribution in [3.63, 3.8) is 0 Å². The van der Waals surface area contributed by atoms with Gasteiger partial charge < -0.3 is 11.1 Å². The maximum Gasteiger partial charge on any atom is 0.237 e. The summed E-state index contributed by atoms with van der Waals surface area (Å²) in [6.45, 7) is 9.08. The lowest BCUT2D eigenvalue weighted by molar-refractivity contribution is -0.123. The van der Waals surface area contributed by atoms with Gasteiger partial charge in [-0.3, -0.25) is 9.69 Å². The van der Waals surface area contributed by atoms with Crippen molar-refractivity contribution in [1.29, 1.82) is 0 Å². The van der Waals surface area contributed by atoms with E-state index >= 15 is 0 Å². The van der Waals surface area contributed by atoms with Gasteiger partial charge in [-0.1, -0.05) is 20.8 Å². The fourth-order valence-corrected chi connectivity index (χ4v) is 2.18. The topological polar surface area (TPSA) is 58.4 Å². The van der Waals surface area contributed by atoms with Crippen LogP contribution in [0.4, 0.5) is 0 Å². The van der Waals surface area contributed by atoms with Gasteiger partial charge >= 0.3 is 0 Å². The molecule has 1 heterocycles. The summed E-state index contributed by atoms with van der Waals surface area (Å²) in [7, 11) is 0. The third kappa shape index (κ3) is 3.46. The number of amides is 1. The first kappa shape index (κ1) is 13.5. The monoisotopic (exact) mass is 227 g/mol.